The maximum atomic E-state index is 13.3. The van der Waals surface area contributed by atoms with Crippen molar-refractivity contribution in [2.75, 3.05) is 19.5 Å². The molecule has 0 saturated heterocycles. The third kappa shape index (κ3) is 3.27. The molecule has 3 heteroatoms. The third-order valence-corrected chi connectivity index (χ3v) is 1.80. The van der Waals surface area contributed by atoms with Gasteiger partial charge in [-0.15, -0.1) is 0 Å². The van der Waals surface area contributed by atoms with E-state index in [-0.39, 0.29) is 5.82 Å². The maximum absolute atomic E-state index is 13.3. The lowest BCUT2D eigenvalue weighted by Crippen LogP contribution is -1.97. The summed E-state index contributed by atoms with van der Waals surface area (Å²) in [6.07, 6.45) is 1.58. The zero-order valence-corrected chi connectivity index (χ0v) is 9.73. The number of anilines is 1. The van der Waals surface area contributed by atoms with Crippen LogP contribution in [0.25, 0.3) is 6.08 Å². The molecule has 15 heavy (non-hydrogen) atoms. The average Bonchev–Trinajstić information content (AvgIpc) is 2.30. The molecule has 0 bridgehead atoms. The van der Waals surface area contributed by atoms with Gasteiger partial charge in [-0.05, 0) is 6.07 Å². The highest BCUT2D eigenvalue weighted by Crippen LogP contribution is 2.26. The van der Waals surface area contributed by atoms with Crippen molar-refractivity contribution in [2.45, 2.75) is 13.8 Å². The van der Waals surface area contributed by atoms with Crippen molar-refractivity contribution in [3.63, 3.8) is 0 Å². The van der Waals surface area contributed by atoms with Crippen LogP contribution in [-0.4, -0.2) is 14.2 Å². The van der Waals surface area contributed by atoms with Gasteiger partial charge in [-0.25, -0.2) is 4.39 Å². The molecule has 0 fully saturated rings. The molecule has 0 amide bonds. The molecule has 2 nitrogen and oxygen atoms in total. The fraction of sp³-hybridized carbons (Fsp3) is 0.333. The number of hydrogen-bond donors (Lipinski definition) is 1. The van der Waals surface area contributed by atoms with Crippen LogP contribution >= 0.6 is 0 Å². The summed E-state index contributed by atoms with van der Waals surface area (Å²) in [5, 5.41) is 2.76. The van der Waals surface area contributed by atoms with Gasteiger partial charge in [0.15, 0.2) is 5.82 Å². The van der Waals surface area contributed by atoms with Gasteiger partial charge in [0, 0.05) is 18.7 Å². The van der Waals surface area contributed by atoms with Crippen molar-refractivity contribution in [1.82, 2.24) is 0 Å². The quantitative estimate of drug-likeness (QED) is 0.825. The van der Waals surface area contributed by atoms with Crippen molar-refractivity contribution in [3.8, 4) is 5.75 Å². The highest BCUT2D eigenvalue weighted by atomic mass is 19.1. The number of benzene rings is 1. The number of nitrogens with one attached hydrogen (secondary N) is 1. The molecule has 1 aromatic rings. The SMILES string of the molecule is C=Cc1cc(OC)cc(F)c1NC.CC. The minimum atomic E-state index is -0.336. The Balaban J connectivity index is 0.000000921. The Labute approximate surface area is 90.8 Å². The minimum absolute atomic E-state index is 0.336. The molecule has 0 aliphatic rings. The molecule has 0 spiro atoms. The molecule has 1 aromatic carbocycles. The standard InChI is InChI=1S/C10H12FNO.C2H6/c1-4-7-5-8(13-3)6-9(11)10(7)12-2;1-2/h4-6,12H,1H2,2-3H3;1-2H3. The Morgan fingerprint density at radius 3 is 2.40 bits per heavy atom. The molecule has 1 rings (SSSR count). The van der Waals surface area contributed by atoms with Crippen LogP contribution in [0, 0.1) is 5.82 Å². The second kappa shape index (κ2) is 6.87. The van der Waals surface area contributed by atoms with E-state index in [1.165, 1.54) is 13.2 Å². The predicted octanol–water partition coefficient (Wildman–Crippen LogP) is 3.55. The van der Waals surface area contributed by atoms with Gasteiger partial charge in [0.2, 0.25) is 0 Å². The molecule has 0 atom stereocenters. The van der Waals surface area contributed by atoms with Crippen molar-refractivity contribution >= 4 is 11.8 Å². The van der Waals surface area contributed by atoms with Gasteiger partial charge >= 0.3 is 0 Å². The molecule has 1 N–H and O–H groups in total. The summed E-state index contributed by atoms with van der Waals surface area (Å²) in [7, 11) is 3.17. The molecule has 0 aliphatic heterocycles. The van der Waals surface area contributed by atoms with E-state index in [0.717, 1.165) is 0 Å². The van der Waals surface area contributed by atoms with E-state index in [4.69, 9.17) is 4.74 Å². The fourth-order valence-electron chi connectivity index (χ4n) is 1.14. The molecule has 0 saturated carbocycles. The third-order valence-electron chi connectivity index (χ3n) is 1.80. The van der Waals surface area contributed by atoms with E-state index in [1.807, 2.05) is 13.8 Å². The molecular formula is C12H18FNO. The topological polar surface area (TPSA) is 21.3 Å². The number of halogens is 1. The second-order valence-corrected chi connectivity index (χ2v) is 2.53. The Bertz CT molecular complexity index is 324. The van der Waals surface area contributed by atoms with Crippen molar-refractivity contribution in [2.24, 2.45) is 0 Å². The lowest BCUT2D eigenvalue weighted by atomic mass is 10.1. The summed E-state index contributed by atoms with van der Waals surface area (Å²) in [4.78, 5) is 0. The van der Waals surface area contributed by atoms with Crippen LogP contribution in [-0.2, 0) is 0 Å². The molecule has 0 unspecified atom stereocenters. The van der Waals surface area contributed by atoms with Crippen LogP contribution in [0.5, 0.6) is 5.75 Å². The lowest BCUT2D eigenvalue weighted by Gasteiger charge is -2.08. The van der Waals surface area contributed by atoms with Gasteiger partial charge in [0.1, 0.15) is 5.75 Å². The molecule has 0 aromatic heterocycles. The van der Waals surface area contributed by atoms with Crippen molar-refractivity contribution in [3.05, 3.63) is 30.1 Å². The van der Waals surface area contributed by atoms with Gasteiger partial charge in [-0.3, -0.25) is 0 Å². The number of hydrogen-bond acceptors (Lipinski definition) is 2. The van der Waals surface area contributed by atoms with Gasteiger partial charge in [-0.2, -0.15) is 0 Å². The first-order valence-corrected chi connectivity index (χ1v) is 4.90. The zero-order chi connectivity index (χ0) is 11.8. The minimum Gasteiger partial charge on any atom is -0.497 e. The Morgan fingerprint density at radius 2 is 2.00 bits per heavy atom. The first-order valence-electron chi connectivity index (χ1n) is 4.90. The van der Waals surface area contributed by atoms with Crippen LogP contribution < -0.4 is 10.1 Å². The molecule has 0 heterocycles. The van der Waals surface area contributed by atoms with Crippen LogP contribution in [0.4, 0.5) is 10.1 Å². The summed E-state index contributed by atoms with van der Waals surface area (Å²) in [6, 6.07) is 3.06. The van der Waals surface area contributed by atoms with E-state index < -0.39 is 0 Å². The largest absolute Gasteiger partial charge is 0.497 e. The van der Waals surface area contributed by atoms with Gasteiger partial charge in [0.25, 0.3) is 0 Å². The Kier molecular flexibility index (Phi) is 6.18. The molecule has 0 radical (unpaired) electrons. The maximum Gasteiger partial charge on any atom is 0.150 e. The van der Waals surface area contributed by atoms with E-state index in [2.05, 4.69) is 11.9 Å². The number of ether oxygens (including phenoxy) is 1. The summed E-state index contributed by atoms with van der Waals surface area (Å²) >= 11 is 0. The lowest BCUT2D eigenvalue weighted by molar-refractivity contribution is 0.411. The number of methoxy groups -OCH3 is 1. The van der Waals surface area contributed by atoms with E-state index >= 15 is 0 Å². The zero-order valence-electron chi connectivity index (χ0n) is 9.73. The van der Waals surface area contributed by atoms with Gasteiger partial charge < -0.3 is 10.1 Å². The van der Waals surface area contributed by atoms with Gasteiger partial charge in [0.05, 0.1) is 12.8 Å². The summed E-state index contributed by atoms with van der Waals surface area (Å²) < 4.78 is 18.2. The molecule has 0 aliphatic carbocycles. The summed E-state index contributed by atoms with van der Waals surface area (Å²) in [6.45, 7) is 7.59. The first-order chi connectivity index (χ1) is 7.22. The first kappa shape index (κ1) is 13.5. The monoisotopic (exact) mass is 211 g/mol. The molecular weight excluding hydrogens is 193 g/mol. The van der Waals surface area contributed by atoms with E-state index in [0.29, 0.717) is 17.0 Å². The molecule has 84 valence electrons. The van der Waals surface area contributed by atoms with Crippen molar-refractivity contribution in [1.29, 1.82) is 0 Å². The normalized spacial score (nSPS) is 8.60. The Morgan fingerprint density at radius 1 is 1.40 bits per heavy atom. The second-order valence-electron chi connectivity index (χ2n) is 2.53. The van der Waals surface area contributed by atoms with Crippen LogP contribution in [0.3, 0.4) is 0 Å². The summed E-state index contributed by atoms with van der Waals surface area (Å²) in [5.74, 6) is 0.156. The Hall–Kier alpha value is -1.51. The van der Waals surface area contributed by atoms with E-state index in [1.54, 1.807) is 19.2 Å². The summed E-state index contributed by atoms with van der Waals surface area (Å²) in [5.41, 5.74) is 1.13. The van der Waals surface area contributed by atoms with Crippen molar-refractivity contribution < 1.29 is 9.13 Å². The van der Waals surface area contributed by atoms with Crippen LogP contribution in [0.1, 0.15) is 19.4 Å². The smallest absolute Gasteiger partial charge is 0.150 e. The van der Waals surface area contributed by atoms with Crippen LogP contribution in [0.2, 0.25) is 0 Å². The highest BCUT2D eigenvalue weighted by molar-refractivity contribution is 5.67. The highest BCUT2D eigenvalue weighted by Gasteiger charge is 2.07. The van der Waals surface area contributed by atoms with Gasteiger partial charge in [-0.1, -0.05) is 26.5 Å². The average molecular weight is 211 g/mol. The van der Waals surface area contributed by atoms with E-state index in [9.17, 15) is 4.39 Å². The number of rotatable bonds is 3. The predicted molar refractivity (Wildman–Crippen MR) is 63.9 cm³/mol. The van der Waals surface area contributed by atoms with Crippen LogP contribution in [0.15, 0.2) is 18.7 Å². The fourth-order valence-corrected chi connectivity index (χ4v) is 1.14.